The molecule has 7 nitrogen and oxygen atoms in total. The molecule has 0 aliphatic heterocycles. The second-order valence-electron chi connectivity index (χ2n) is 4.44. The Hall–Kier alpha value is -2.15. The minimum absolute atomic E-state index is 0.252. The number of aromatic nitrogens is 1. The number of anilines is 1. The zero-order valence-corrected chi connectivity index (χ0v) is 12.0. The number of likely N-dealkylation sites (N-methyl/N-ethyl adjacent to an activating group) is 1. The number of nitrogens with two attached hydrogens (primary N) is 1. The molecule has 1 unspecified atom stereocenters. The summed E-state index contributed by atoms with van der Waals surface area (Å²) in [5.74, 6) is 5.18. The molecular weight excluding hydrogens is 258 g/mol. The lowest BCUT2D eigenvalue weighted by atomic mass is 10.1. The molecule has 0 aromatic carbocycles. The summed E-state index contributed by atoms with van der Waals surface area (Å²) in [4.78, 5) is 27.8. The van der Waals surface area contributed by atoms with Gasteiger partial charge in [0.05, 0.1) is 0 Å². The predicted molar refractivity (Wildman–Crippen MR) is 77.0 cm³/mol. The number of hydrazine groups is 1. The monoisotopic (exact) mass is 279 g/mol. The number of pyridine rings is 1. The lowest BCUT2D eigenvalue weighted by Gasteiger charge is -2.13. The van der Waals surface area contributed by atoms with E-state index in [9.17, 15) is 9.59 Å². The fourth-order valence-corrected chi connectivity index (χ4v) is 1.74. The fourth-order valence-electron chi connectivity index (χ4n) is 1.74. The molecule has 5 N–H and O–H groups in total. The minimum Gasteiger partial charge on any atom is -0.357 e. The van der Waals surface area contributed by atoms with Crippen molar-refractivity contribution < 1.29 is 9.59 Å². The van der Waals surface area contributed by atoms with Gasteiger partial charge < -0.3 is 16.1 Å². The molecule has 7 heteroatoms. The first kappa shape index (κ1) is 15.9. The smallest absolute Gasteiger partial charge is 0.252 e. The second-order valence-corrected chi connectivity index (χ2v) is 4.44. The number of nitrogen functional groups attached to an aromatic ring is 1. The van der Waals surface area contributed by atoms with Crippen LogP contribution in [0.1, 0.15) is 36.3 Å². The van der Waals surface area contributed by atoms with E-state index in [2.05, 4.69) is 21.0 Å². The molecule has 0 aliphatic carbocycles. The Morgan fingerprint density at radius 3 is 2.65 bits per heavy atom. The standard InChI is InChI=1S/C13H21N5O2/c1-4-5-10-6-9(7-11(17-10)18-14)13(20)16-8(2)12(19)15-3/h6-8H,4-5,14H2,1-3H3,(H,15,19)(H,16,20)(H,17,18). The van der Waals surface area contributed by atoms with Gasteiger partial charge in [-0.05, 0) is 25.5 Å². The molecule has 1 heterocycles. The van der Waals surface area contributed by atoms with Crippen molar-refractivity contribution in [2.24, 2.45) is 5.84 Å². The lowest BCUT2D eigenvalue weighted by molar-refractivity contribution is -0.122. The van der Waals surface area contributed by atoms with Crippen molar-refractivity contribution in [3.05, 3.63) is 23.4 Å². The largest absolute Gasteiger partial charge is 0.357 e. The molecule has 1 rings (SSSR count). The molecule has 0 saturated carbocycles. The highest BCUT2D eigenvalue weighted by molar-refractivity contribution is 5.98. The first-order valence-electron chi connectivity index (χ1n) is 6.51. The third kappa shape index (κ3) is 4.20. The predicted octanol–water partition coefficient (Wildman–Crippen LogP) is 0.184. The van der Waals surface area contributed by atoms with Gasteiger partial charge in [-0.2, -0.15) is 0 Å². The average molecular weight is 279 g/mol. The van der Waals surface area contributed by atoms with Crippen LogP contribution >= 0.6 is 0 Å². The molecule has 0 bridgehead atoms. The van der Waals surface area contributed by atoms with E-state index in [1.807, 2.05) is 6.92 Å². The molecule has 0 radical (unpaired) electrons. The fraction of sp³-hybridized carbons (Fsp3) is 0.462. The summed E-state index contributed by atoms with van der Waals surface area (Å²) in [6, 6.07) is 2.64. The van der Waals surface area contributed by atoms with Crippen molar-refractivity contribution in [3.63, 3.8) is 0 Å². The van der Waals surface area contributed by atoms with E-state index in [0.29, 0.717) is 11.4 Å². The van der Waals surface area contributed by atoms with E-state index in [1.54, 1.807) is 19.1 Å². The first-order chi connectivity index (χ1) is 9.51. The van der Waals surface area contributed by atoms with Gasteiger partial charge >= 0.3 is 0 Å². The summed E-state index contributed by atoms with van der Waals surface area (Å²) in [6.07, 6.45) is 1.66. The Bertz CT molecular complexity index is 490. The molecule has 20 heavy (non-hydrogen) atoms. The summed E-state index contributed by atoms with van der Waals surface area (Å²) >= 11 is 0. The van der Waals surface area contributed by atoms with Crippen LogP contribution < -0.4 is 21.9 Å². The Balaban J connectivity index is 2.91. The molecule has 0 aliphatic rings. The van der Waals surface area contributed by atoms with Crippen molar-refractivity contribution in [3.8, 4) is 0 Å². The van der Waals surface area contributed by atoms with Gasteiger partial charge in [-0.1, -0.05) is 13.3 Å². The Labute approximate surface area is 118 Å². The molecule has 0 fully saturated rings. The van der Waals surface area contributed by atoms with Crippen molar-refractivity contribution in [1.29, 1.82) is 0 Å². The molecule has 110 valence electrons. The van der Waals surface area contributed by atoms with Gasteiger partial charge in [-0.25, -0.2) is 10.8 Å². The molecule has 0 saturated heterocycles. The second kappa shape index (κ2) is 7.44. The van der Waals surface area contributed by atoms with Gasteiger partial charge in [-0.3, -0.25) is 9.59 Å². The molecule has 2 amide bonds. The summed E-state index contributed by atoms with van der Waals surface area (Å²) in [6.45, 7) is 3.64. The van der Waals surface area contributed by atoms with Crippen LogP contribution in [0.25, 0.3) is 0 Å². The van der Waals surface area contributed by atoms with E-state index in [4.69, 9.17) is 5.84 Å². The number of nitrogens with one attached hydrogen (secondary N) is 3. The number of rotatable bonds is 6. The van der Waals surface area contributed by atoms with Crippen LogP contribution in [-0.2, 0) is 11.2 Å². The van der Waals surface area contributed by atoms with Gasteiger partial charge in [0.25, 0.3) is 5.91 Å². The minimum atomic E-state index is -0.607. The topological polar surface area (TPSA) is 109 Å². The highest BCUT2D eigenvalue weighted by Crippen LogP contribution is 2.11. The molecule has 0 spiro atoms. The maximum absolute atomic E-state index is 12.1. The number of hydrogen-bond acceptors (Lipinski definition) is 5. The highest BCUT2D eigenvalue weighted by atomic mass is 16.2. The maximum Gasteiger partial charge on any atom is 0.252 e. The van der Waals surface area contributed by atoms with Crippen molar-refractivity contribution in [1.82, 2.24) is 15.6 Å². The Morgan fingerprint density at radius 2 is 2.10 bits per heavy atom. The maximum atomic E-state index is 12.1. The number of carbonyl (C=O) groups excluding carboxylic acids is 2. The zero-order valence-electron chi connectivity index (χ0n) is 12.0. The van der Waals surface area contributed by atoms with Crippen LogP contribution in [0.2, 0.25) is 0 Å². The van der Waals surface area contributed by atoms with Gasteiger partial charge in [0.1, 0.15) is 11.9 Å². The van der Waals surface area contributed by atoms with Crippen LogP contribution in [0, 0.1) is 0 Å². The quantitative estimate of drug-likeness (QED) is 0.439. The summed E-state index contributed by atoms with van der Waals surface area (Å²) in [5.41, 5.74) is 3.64. The first-order valence-corrected chi connectivity index (χ1v) is 6.51. The van der Waals surface area contributed by atoms with Gasteiger partial charge in [0.15, 0.2) is 0 Å². The van der Waals surface area contributed by atoms with Crippen LogP contribution in [0.5, 0.6) is 0 Å². The summed E-state index contributed by atoms with van der Waals surface area (Å²) < 4.78 is 0. The zero-order chi connectivity index (χ0) is 15.1. The van der Waals surface area contributed by atoms with Crippen molar-refractivity contribution >= 4 is 17.6 Å². The SMILES string of the molecule is CCCc1cc(C(=O)NC(C)C(=O)NC)cc(NN)n1. The van der Waals surface area contributed by atoms with Gasteiger partial charge in [-0.15, -0.1) is 0 Å². The van der Waals surface area contributed by atoms with Crippen LogP contribution in [0.15, 0.2) is 12.1 Å². The number of aryl methyl sites for hydroxylation is 1. The number of amides is 2. The normalized spacial score (nSPS) is 11.6. The lowest BCUT2D eigenvalue weighted by Crippen LogP contribution is -2.43. The van der Waals surface area contributed by atoms with Crippen LogP contribution in [-0.4, -0.2) is 29.9 Å². The third-order valence-electron chi connectivity index (χ3n) is 2.78. The molecule has 1 aromatic heterocycles. The van der Waals surface area contributed by atoms with E-state index in [1.165, 1.54) is 7.05 Å². The molecule has 1 aromatic rings. The van der Waals surface area contributed by atoms with E-state index >= 15 is 0 Å². The molecular formula is C13H21N5O2. The summed E-state index contributed by atoms with van der Waals surface area (Å²) in [7, 11) is 1.52. The van der Waals surface area contributed by atoms with E-state index in [-0.39, 0.29) is 11.8 Å². The van der Waals surface area contributed by atoms with Crippen molar-refractivity contribution in [2.45, 2.75) is 32.7 Å². The highest BCUT2D eigenvalue weighted by Gasteiger charge is 2.16. The van der Waals surface area contributed by atoms with Gasteiger partial charge in [0.2, 0.25) is 5.91 Å². The van der Waals surface area contributed by atoms with Crippen LogP contribution in [0.3, 0.4) is 0 Å². The molecule has 1 atom stereocenters. The summed E-state index contributed by atoms with van der Waals surface area (Å²) in [5, 5.41) is 5.10. The number of carbonyl (C=O) groups is 2. The number of hydrogen-bond donors (Lipinski definition) is 4. The van der Waals surface area contributed by atoms with Gasteiger partial charge in [0, 0.05) is 18.3 Å². The average Bonchev–Trinajstić information content (AvgIpc) is 2.46. The van der Waals surface area contributed by atoms with Crippen molar-refractivity contribution in [2.75, 3.05) is 12.5 Å². The third-order valence-corrected chi connectivity index (χ3v) is 2.78. The Morgan fingerprint density at radius 1 is 1.40 bits per heavy atom. The van der Waals surface area contributed by atoms with E-state index < -0.39 is 6.04 Å². The Kier molecular flexibility index (Phi) is 5.92. The van der Waals surface area contributed by atoms with E-state index in [0.717, 1.165) is 18.5 Å². The van der Waals surface area contributed by atoms with Crippen LogP contribution in [0.4, 0.5) is 5.82 Å². The number of nitrogens with zero attached hydrogens (tertiary/aromatic N) is 1.